The molecule has 99 heavy (non-hydrogen) atoms. The van der Waals surface area contributed by atoms with Crippen molar-refractivity contribution in [3.63, 3.8) is 0 Å². The minimum absolute atomic E-state index is 0.0256. The fraction of sp³-hybridized carbons (Fsp3) is 0.655. The van der Waals surface area contributed by atoms with E-state index in [2.05, 4.69) is 61.4 Å². The van der Waals surface area contributed by atoms with E-state index >= 15 is 9.59 Å². The number of carbonyl (C=O) groups is 7. The number of anilines is 1. The number of likely N-dealkylation sites (N-methyl/N-ethyl adjacent to an activating group) is 1. The second-order valence-corrected chi connectivity index (χ2v) is 26.1. The average Bonchev–Trinajstić information content (AvgIpc) is 1.15. The van der Waals surface area contributed by atoms with Crippen LogP contribution in [-0.4, -0.2) is 291 Å². The third-order valence-electron chi connectivity index (χ3n) is 17.0. The Kier molecular flexibility index (Phi) is 29.1. The lowest BCUT2D eigenvalue weighted by atomic mass is 9.95. The number of H-pyrrole nitrogens is 1. The number of nitrogens with two attached hydrogens (primary N) is 5. The molecular weight excluding hydrogens is 1350 g/mol. The molecule has 0 spiro atoms. The number of nitrogens with zero attached hydrogens (tertiary/aromatic N) is 7. The highest BCUT2D eigenvalue weighted by Gasteiger charge is 2.54. The molecule has 0 aromatic carbocycles. The first kappa shape index (κ1) is 79.1. The van der Waals surface area contributed by atoms with Crippen molar-refractivity contribution >= 4 is 70.0 Å². The molecule has 7 heterocycles. The summed E-state index contributed by atoms with van der Waals surface area (Å²) in [5.74, 6) is -7.20. The summed E-state index contributed by atoms with van der Waals surface area (Å²) in [5.41, 5.74) is 28.4. The number of primary amides is 3. The summed E-state index contributed by atoms with van der Waals surface area (Å²) in [5, 5.41) is 118. The summed E-state index contributed by atoms with van der Waals surface area (Å²) >= 11 is 2.56. The van der Waals surface area contributed by atoms with Gasteiger partial charge in [-0.25, -0.2) is 29.7 Å². The standard InChI is InChI=1S/C58H90N18O21S2/c1-23-36(72-49(74-47(23)61)28(15-34(60)80)67-16-27(59)48(62)86)55(91)75(5)38(44(29-17-64-22-68-29)95-57-46(42(84)40(82)32(18-77)94-57)96-56-43(85)45(97-58(63)92)41(83)33(19-78)93-56)53(90)69-25(3)39(81)24(2)50(87)73-37(26(4)79)52(89)66-11-9-35-70-31(21-98-35)54-71-30(20-99-54)51(88)65-10-8-14-76-12-6-7-13-76/h17,20-22,24-28,32-33,37-46,50,56-57,67,73,77-79,81-85,87H,6-16,18-19,59H2,1-5H3,(H2,60,80)(H2,62,86)(H2,63,92)(H,64,68)(H,65,88)(H,66,89)(H,69,90)(H2,61,72,74). The molecule has 3 fully saturated rings. The molecule has 0 bridgehead atoms. The van der Waals surface area contributed by atoms with Crippen LogP contribution >= 0.6 is 22.7 Å². The van der Waals surface area contributed by atoms with Gasteiger partial charge in [0.2, 0.25) is 23.6 Å². The van der Waals surface area contributed by atoms with Crippen LogP contribution in [0.2, 0.25) is 0 Å². The number of aliphatic hydroxyl groups is 9. The number of aromatic nitrogens is 6. The van der Waals surface area contributed by atoms with Gasteiger partial charge in [-0.15, -0.1) is 22.7 Å². The van der Waals surface area contributed by atoms with Gasteiger partial charge in [-0.2, -0.15) is 0 Å². The van der Waals surface area contributed by atoms with Crippen molar-refractivity contribution in [3.8, 4) is 10.7 Å². The predicted octanol–water partition coefficient (Wildman–Crippen LogP) is -7.35. The van der Waals surface area contributed by atoms with Gasteiger partial charge in [0.05, 0.1) is 66.8 Å². The number of hydrogen-bond donors (Lipinski definition) is 20. The minimum atomic E-state index is -2.19. The second kappa shape index (κ2) is 36.4. The molecule has 0 aliphatic carbocycles. The van der Waals surface area contributed by atoms with Gasteiger partial charge in [0.25, 0.3) is 11.8 Å². The van der Waals surface area contributed by atoms with Gasteiger partial charge in [0.1, 0.15) is 101 Å². The maximum Gasteiger partial charge on any atom is 0.404 e. The Morgan fingerprint density at radius 2 is 1.54 bits per heavy atom. The van der Waals surface area contributed by atoms with E-state index in [9.17, 15) is 69.9 Å². The Morgan fingerprint density at radius 3 is 2.17 bits per heavy atom. The summed E-state index contributed by atoms with van der Waals surface area (Å²) in [4.78, 5) is 121. The van der Waals surface area contributed by atoms with Crippen molar-refractivity contribution in [2.24, 2.45) is 28.9 Å². The number of aliphatic hydroxyl groups excluding tert-OH is 9. The van der Waals surface area contributed by atoms with E-state index in [1.54, 1.807) is 10.8 Å². The van der Waals surface area contributed by atoms with Crippen molar-refractivity contribution in [3.05, 3.63) is 56.8 Å². The van der Waals surface area contributed by atoms with Gasteiger partial charge in [0.15, 0.2) is 18.7 Å². The normalized spacial score (nSPS) is 25.0. The lowest BCUT2D eigenvalue weighted by Crippen LogP contribution is -2.65. The monoisotopic (exact) mass is 1440 g/mol. The van der Waals surface area contributed by atoms with Crippen LogP contribution in [-0.2, 0) is 49.3 Å². The molecule has 20 unspecified atom stereocenters. The average molecular weight is 1440 g/mol. The number of imidazole rings is 1. The number of likely N-dealkylation sites (tertiary alicyclic amines) is 1. The maximum atomic E-state index is 15.5. The third kappa shape index (κ3) is 20.5. The van der Waals surface area contributed by atoms with E-state index in [0.29, 0.717) is 22.3 Å². The van der Waals surface area contributed by atoms with Crippen LogP contribution in [0.3, 0.4) is 0 Å². The van der Waals surface area contributed by atoms with Gasteiger partial charge in [-0.1, -0.05) is 6.92 Å². The lowest BCUT2D eigenvalue weighted by Gasteiger charge is -2.47. The summed E-state index contributed by atoms with van der Waals surface area (Å²) < 4.78 is 29.0. The number of thiazole rings is 2. The van der Waals surface area contributed by atoms with E-state index in [4.69, 9.17) is 52.4 Å². The first-order valence-electron chi connectivity index (χ1n) is 31.7. The number of amides is 7. The molecular formula is C58H90N18O21S2. The molecule has 7 rings (SSSR count). The zero-order valence-electron chi connectivity index (χ0n) is 54.8. The number of ether oxygens (including phenoxy) is 5. The molecule has 0 radical (unpaired) electrons. The number of hydrogen-bond acceptors (Lipinski definition) is 33. The zero-order chi connectivity index (χ0) is 72.7. The molecule has 550 valence electrons. The van der Waals surface area contributed by atoms with Crippen LogP contribution < -0.4 is 55.3 Å². The summed E-state index contributed by atoms with van der Waals surface area (Å²) in [7, 11) is 1.09. The zero-order valence-corrected chi connectivity index (χ0v) is 56.4. The highest BCUT2D eigenvalue weighted by Crippen LogP contribution is 2.36. The van der Waals surface area contributed by atoms with Crippen LogP contribution in [0.25, 0.3) is 10.7 Å². The van der Waals surface area contributed by atoms with Crippen LogP contribution in [0.15, 0.2) is 23.3 Å². The molecule has 25 N–H and O–H groups in total. The summed E-state index contributed by atoms with van der Waals surface area (Å²) in [6.45, 7) is 6.52. The largest absolute Gasteiger partial charge is 0.441 e. The highest BCUT2D eigenvalue weighted by atomic mass is 32.1. The van der Waals surface area contributed by atoms with Gasteiger partial charge in [-0.3, -0.25) is 34.1 Å². The van der Waals surface area contributed by atoms with Gasteiger partial charge in [-0.05, 0) is 59.7 Å². The van der Waals surface area contributed by atoms with Crippen molar-refractivity contribution in [2.45, 2.75) is 176 Å². The van der Waals surface area contributed by atoms with Crippen molar-refractivity contribution in [1.82, 2.24) is 66.3 Å². The predicted molar refractivity (Wildman–Crippen MR) is 346 cm³/mol. The lowest BCUT2D eigenvalue weighted by molar-refractivity contribution is -0.372. The fourth-order valence-corrected chi connectivity index (χ4v) is 12.8. The van der Waals surface area contributed by atoms with Gasteiger partial charge >= 0.3 is 6.09 Å². The molecule has 39 nitrogen and oxygen atoms in total. The van der Waals surface area contributed by atoms with E-state index in [1.165, 1.54) is 63.2 Å². The Morgan fingerprint density at radius 1 is 0.848 bits per heavy atom. The van der Waals surface area contributed by atoms with Crippen molar-refractivity contribution in [2.75, 3.05) is 65.3 Å². The maximum absolute atomic E-state index is 15.5. The van der Waals surface area contributed by atoms with E-state index in [0.717, 1.165) is 50.5 Å². The number of nitrogens with one attached hydrogen (secondary N) is 6. The third-order valence-corrected chi connectivity index (χ3v) is 18.7. The van der Waals surface area contributed by atoms with E-state index in [1.807, 2.05) is 0 Å². The van der Waals surface area contributed by atoms with Crippen LogP contribution in [0, 0.1) is 12.8 Å². The van der Waals surface area contributed by atoms with Crippen LogP contribution in [0.5, 0.6) is 0 Å². The van der Waals surface area contributed by atoms with E-state index < -0.39 is 183 Å². The second-order valence-electron chi connectivity index (χ2n) is 24.3. The number of rotatable bonds is 36. The molecule has 4 aromatic heterocycles. The highest BCUT2D eigenvalue weighted by molar-refractivity contribution is 7.14. The number of carbonyl (C=O) groups excluding carboxylic acids is 7. The van der Waals surface area contributed by atoms with Gasteiger partial charge in [0, 0.05) is 61.8 Å². The quantitative estimate of drug-likeness (QED) is 0.0149. The first-order valence-corrected chi connectivity index (χ1v) is 33.5. The Bertz CT molecular complexity index is 3340. The fourth-order valence-electron chi connectivity index (χ4n) is 11.2. The number of aromatic amines is 1. The first-order chi connectivity index (χ1) is 46.9. The van der Waals surface area contributed by atoms with Crippen LogP contribution in [0.1, 0.15) is 102 Å². The topological polar surface area (TPSA) is 625 Å². The molecule has 3 aliphatic rings. The Hall–Kier alpha value is -7.24. The van der Waals surface area contributed by atoms with Crippen LogP contribution in [0.4, 0.5) is 10.6 Å². The molecule has 7 amide bonds. The molecule has 41 heteroatoms. The smallest absolute Gasteiger partial charge is 0.404 e. The van der Waals surface area contributed by atoms with Gasteiger partial charge < -0.3 is 134 Å². The van der Waals surface area contributed by atoms with Crippen molar-refractivity contribution < 1.29 is 103 Å². The summed E-state index contributed by atoms with van der Waals surface area (Å²) in [6, 6.07) is -7.60. The molecule has 0 saturated carbocycles. The molecule has 3 saturated heterocycles. The molecule has 4 aromatic rings. The van der Waals surface area contributed by atoms with E-state index in [-0.39, 0.29) is 54.0 Å². The Balaban J connectivity index is 1.12. The SMILES string of the molecule is Cc1c(N)nc(C(CC(N)=O)NCC(N)C(N)=O)nc1C(=O)N(C)C(C(=O)NC(C)C(O)C(C)C(O)NC(C(=O)NCCc1nc(-c2nc(C(=O)NCCCN3CCCC3)cs2)cs1)C(C)O)C(OC1OC(CO)C(O)C(O)C1OC1OC(CO)C(O)C(OC(N)=O)C1O)c1cnc[nH]1. The number of nitrogen functional groups attached to an aromatic ring is 1. The molecule has 3 aliphatic heterocycles. The Labute approximate surface area is 574 Å². The molecule has 20 atom stereocenters. The summed E-state index contributed by atoms with van der Waals surface area (Å²) in [6.07, 6.45) is -23.3. The minimum Gasteiger partial charge on any atom is -0.441 e. The van der Waals surface area contributed by atoms with Crippen molar-refractivity contribution in [1.29, 1.82) is 0 Å².